The minimum Gasteiger partial charge on any atom is -0.468 e. The molecule has 1 aromatic rings. The fourth-order valence-electron chi connectivity index (χ4n) is 2.14. The highest BCUT2D eigenvalue weighted by atomic mass is 32.2. The van der Waals surface area contributed by atoms with Crippen LogP contribution in [0.2, 0.25) is 0 Å². The number of methoxy groups -OCH3 is 1. The van der Waals surface area contributed by atoms with Gasteiger partial charge in [0.1, 0.15) is 11.4 Å². The van der Waals surface area contributed by atoms with Gasteiger partial charge in [-0.3, -0.25) is 14.9 Å². The summed E-state index contributed by atoms with van der Waals surface area (Å²) in [5.41, 5.74) is -2.57. The molecule has 1 aromatic heterocycles. The summed E-state index contributed by atoms with van der Waals surface area (Å²) < 4.78 is 49.5. The first-order valence-electron chi connectivity index (χ1n) is 7.03. The van der Waals surface area contributed by atoms with Crippen molar-refractivity contribution < 1.29 is 32.4 Å². The van der Waals surface area contributed by atoms with E-state index in [9.17, 15) is 28.1 Å². The van der Waals surface area contributed by atoms with Gasteiger partial charge in [0.2, 0.25) is 0 Å². The molecule has 0 saturated carbocycles. The highest BCUT2D eigenvalue weighted by molar-refractivity contribution is 8.00. The van der Waals surface area contributed by atoms with Crippen LogP contribution in [0.5, 0.6) is 0 Å². The predicted octanol–water partition coefficient (Wildman–Crippen LogP) is 2.11. The molecule has 0 aliphatic carbocycles. The van der Waals surface area contributed by atoms with Crippen LogP contribution in [0.3, 0.4) is 0 Å². The Morgan fingerprint density at radius 3 is 2.64 bits per heavy atom. The molecule has 2 heterocycles. The summed E-state index contributed by atoms with van der Waals surface area (Å²) in [6, 6.07) is 0.658. The Morgan fingerprint density at radius 2 is 2.12 bits per heavy atom. The van der Waals surface area contributed by atoms with E-state index in [-0.39, 0.29) is 5.82 Å². The third kappa shape index (κ3) is 4.72. The standard InChI is InChI=1S/C13H14F3N3O5S/c1-23-10(20)7-25-12-11(19(21)22)8(13(14,15)16)6-9(17-12)18-2-4-24-5-3-18/h6H,2-5,7H2,1H3. The third-order valence-electron chi connectivity index (χ3n) is 3.32. The molecule has 0 atom stereocenters. The molecule has 0 N–H and O–H groups in total. The zero-order valence-electron chi connectivity index (χ0n) is 13.0. The number of anilines is 1. The summed E-state index contributed by atoms with van der Waals surface area (Å²) in [5, 5.41) is 10.7. The van der Waals surface area contributed by atoms with Crippen molar-refractivity contribution >= 4 is 29.2 Å². The Balaban J connectivity index is 2.51. The van der Waals surface area contributed by atoms with Gasteiger partial charge in [-0.05, 0) is 6.07 Å². The van der Waals surface area contributed by atoms with Gasteiger partial charge in [0.25, 0.3) is 0 Å². The predicted molar refractivity (Wildman–Crippen MR) is 81.7 cm³/mol. The van der Waals surface area contributed by atoms with Gasteiger partial charge in [-0.25, -0.2) is 4.98 Å². The van der Waals surface area contributed by atoms with Gasteiger partial charge in [0, 0.05) is 13.1 Å². The average Bonchev–Trinajstić information content (AvgIpc) is 2.58. The molecule has 138 valence electrons. The number of rotatable bonds is 5. The largest absolute Gasteiger partial charge is 0.468 e. The Morgan fingerprint density at radius 1 is 1.48 bits per heavy atom. The Kier molecular flexibility index (Phi) is 6.06. The fraction of sp³-hybridized carbons (Fsp3) is 0.538. The number of ether oxygens (including phenoxy) is 2. The first-order valence-corrected chi connectivity index (χ1v) is 8.01. The Labute approximate surface area is 144 Å². The van der Waals surface area contributed by atoms with E-state index in [1.54, 1.807) is 4.90 Å². The van der Waals surface area contributed by atoms with Crippen molar-refractivity contribution in [3.63, 3.8) is 0 Å². The summed E-state index contributed by atoms with van der Waals surface area (Å²) in [6.07, 6.45) is -4.94. The summed E-state index contributed by atoms with van der Waals surface area (Å²) in [7, 11) is 1.11. The van der Waals surface area contributed by atoms with Gasteiger partial charge in [-0.15, -0.1) is 0 Å². The van der Waals surface area contributed by atoms with Crippen LogP contribution in [0.4, 0.5) is 24.7 Å². The van der Waals surface area contributed by atoms with E-state index in [0.29, 0.717) is 44.1 Å². The van der Waals surface area contributed by atoms with E-state index < -0.39 is 39.1 Å². The Hall–Kier alpha value is -2.08. The molecule has 0 radical (unpaired) electrons. The zero-order valence-corrected chi connectivity index (χ0v) is 13.9. The number of morpholine rings is 1. The van der Waals surface area contributed by atoms with E-state index in [4.69, 9.17) is 4.74 Å². The second-order valence-corrected chi connectivity index (χ2v) is 5.86. The minimum atomic E-state index is -4.94. The van der Waals surface area contributed by atoms with Crippen molar-refractivity contribution in [2.45, 2.75) is 11.2 Å². The van der Waals surface area contributed by atoms with E-state index >= 15 is 0 Å². The van der Waals surface area contributed by atoms with E-state index in [2.05, 4.69) is 9.72 Å². The molecule has 1 aliphatic rings. The number of esters is 1. The van der Waals surface area contributed by atoms with Crippen LogP contribution in [0.1, 0.15) is 5.56 Å². The van der Waals surface area contributed by atoms with Crippen molar-refractivity contribution in [3.05, 3.63) is 21.7 Å². The van der Waals surface area contributed by atoms with Gasteiger partial charge in [0.05, 0.1) is 31.0 Å². The molecule has 1 aliphatic heterocycles. The number of nitrogens with zero attached hydrogens (tertiary/aromatic N) is 3. The normalized spacial score (nSPS) is 15.1. The molecule has 0 unspecified atom stereocenters. The van der Waals surface area contributed by atoms with Gasteiger partial charge in [0.15, 0.2) is 5.03 Å². The molecular formula is C13H14F3N3O5S. The summed E-state index contributed by atoms with van der Waals surface area (Å²) in [4.78, 5) is 26.8. The van der Waals surface area contributed by atoms with Gasteiger partial charge >= 0.3 is 17.8 Å². The van der Waals surface area contributed by atoms with Crippen molar-refractivity contribution in [1.29, 1.82) is 0 Å². The first kappa shape index (κ1) is 19.2. The maximum atomic E-state index is 13.3. The minimum absolute atomic E-state index is 0.0476. The average molecular weight is 381 g/mol. The molecule has 1 fully saturated rings. The number of hydrogen-bond acceptors (Lipinski definition) is 8. The van der Waals surface area contributed by atoms with Crippen molar-refractivity contribution in [2.75, 3.05) is 44.1 Å². The number of nitro groups is 1. The maximum Gasteiger partial charge on any atom is 0.423 e. The fourth-order valence-corrected chi connectivity index (χ4v) is 2.99. The molecule has 0 aromatic carbocycles. The van der Waals surface area contributed by atoms with Crippen LogP contribution in [0, 0.1) is 10.1 Å². The highest BCUT2D eigenvalue weighted by Gasteiger charge is 2.42. The lowest BCUT2D eigenvalue weighted by atomic mass is 10.2. The SMILES string of the molecule is COC(=O)CSc1nc(N2CCOCC2)cc(C(F)(F)F)c1[N+](=O)[O-]. The van der Waals surface area contributed by atoms with Crippen molar-refractivity contribution in [1.82, 2.24) is 4.98 Å². The van der Waals surface area contributed by atoms with Crippen LogP contribution < -0.4 is 4.90 Å². The Bertz CT molecular complexity index is 665. The second kappa shape index (κ2) is 7.87. The number of carbonyl (C=O) groups excluding carboxylic acids is 1. The molecule has 8 nitrogen and oxygen atoms in total. The molecule has 0 amide bonds. The monoisotopic (exact) mass is 381 g/mol. The lowest BCUT2D eigenvalue weighted by Gasteiger charge is -2.28. The van der Waals surface area contributed by atoms with E-state index in [1.807, 2.05) is 0 Å². The maximum absolute atomic E-state index is 13.3. The molecule has 0 bridgehead atoms. The summed E-state index contributed by atoms with van der Waals surface area (Å²) in [6.45, 7) is 1.24. The van der Waals surface area contributed by atoms with Crippen LogP contribution in [-0.4, -0.2) is 55.0 Å². The van der Waals surface area contributed by atoms with Crippen LogP contribution in [-0.2, 0) is 20.4 Å². The number of alkyl halides is 3. The molecule has 2 rings (SSSR count). The first-order chi connectivity index (χ1) is 11.7. The molecular weight excluding hydrogens is 367 g/mol. The zero-order chi connectivity index (χ0) is 18.6. The molecule has 1 saturated heterocycles. The summed E-state index contributed by atoms with van der Waals surface area (Å²) in [5.74, 6) is -1.17. The number of halogens is 3. The number of thioether (sulfide) groups is 1. The summed E-state index contributed by atoms with van der Waals surface area (Å²) >= 11 is 0.531. The van der Waals surface area contributed by atoms with Crippen molar-refractivity contribution in [2.24, 2.45) is 0 Å². The van der Waals surface area contributed by atoms with Crippen LogP contribution >= 0.6 is 11.8 Å². The van der Waals surface area contributed by atoms with E-state index in [1.165, 1.54) is 0 Å². The second-order valence-electron chi connectivity index (χ2n) is 4.90. The lowest BCUT2D eigenvalue weighted by molar-refractivity contribution is -0.391. The third-order valence-corrected chi connectivity index (χ3v) is 4.26. The molecule has 0 spiro atoms. The van der Waals surface area contributed by atoms with E-state index in [0.717, 1.165) is 7.11 Å². The van der Waals surface area contributed by atoms with Crippen LogP contribution in [0.25, 0.3) is 0 Å². The number of hydrogen-bond donors (Lipinski definition) is 0. The number of aromatic nitrogens is 1. The van der Waals surface area contributed by atoms with Crippen molar-refractivity contribution in [3.8, 4) is 0 Å². The lowest BCUT2D eigenvalue weighted by Crippen LogP contribution is -2.37. The number of pyridine rings is 1. The van der Waals surface area contributed by atoms with Gasteiger partial charge in [-0.2, -0.15) is 13.2 Å². The van der Waals surface area contributed by atoms with Crippen LogP contribution in [0.15, 0.2) is 11.1 Å². The molecule has 12 heteroatoms. The topological polar surface area (TPSA) is 94.8 Å². The number of carbonyl (C=O) groups is 1. The van der Waals surface area contributed by atoms with Gasteiger partial charge < -0.3 is 14.4 Å². The molecule has 25 heavy (non-hydrogen) atoms. The quantitative estimate of drug-likeness (QED) is 0.331. The smallest absolute Gasteiger partial charge is 0.423 e. The van der Waals surface area contributed by atoms with Gasteiger partial charge in [-0.1, -0.05) is 11.8 Å². The highest BCUT2D eigenvalue weighted by Crippen LogP contribution is 2.42.